The molecule has 3 rings (SSSR count). The van der Waals surface area contributed by atoms with Crippen molar-refractivity contribution in [2.24, 2.45) is 0 Å². The molecule has 1 aliphatic rings. The quantitative estimate of drug-likeness (QED) is 0.853. The number of hydrogen-bond acceptors (Lipinski definition) is 2. The van der Waals surface area contributed by atoms with E-state index < -0.39 is 0 Å². The number of hydrogen-bond donors (Lipinski definition) is 1. The Morgan fingerprint density at radius 2 is 2.18 bits per heavy atom. The summed E-state index contributed by atoms with van der Waals surface area (Å²) in [5.74, 6) is 0.566. The van der Waals surface area contributed by atoms with Gasteiger partial charge in [0.05, 0.1) is 18.4 Å². The van der Waals surface area contributed by atoms with Gasteiger partial charge in [-0.2, -0.15) is 5.10 Å². The first kappa shape index (κ1) is 10.1. The fourth-order valence-corrected chi connectivity index (χ4v) is 2.17. The van der Waals surface area contributed by atoms with E-state index in [9.17, 15) is 0 Å². The Kier molecular flexibility index (Phi) is 2.21. The first-order valence-corrected chi connectivity index (χ1v) is 5.76. The fourth-order valence-electron chi connectivity index (χ4n) is 2.17. The van der Waals surface area contributed by atoms with Gasteiger partial charge in [0.2, 0.25) is 0 Å². The number of fused-ring (bicyclic) bond motifs is 1. The van der Waals surface area contributed by atoms with Gasteiger partial charge in [-0.05, 0) is 12.5 Å². The molecule has 0 atom stereocenters. The molecule has 1 aromatic carbocycles. The van der Waals surface area contributed by atoms with Crippen LogP contribution in [0.3, 0.4) is 0 Å². The molecule has 1 N–H and O–H groups in total. The normalized spacial score (nSPS) is 14.2. The van der Waals surface area contributed by atoms with E-state index in [1.54, 1.807) is 0 Å². The van der Waals surface area contributed by atoms with Gasteiger partial charge in [-0.15, -0.1) is 0 Å². The predicted octanol–water partition coefficient (Wildman–Crippen LogP) is 2.25. The molecule has 0 spiro atoms. The van der Waals surface area contributed by atoms with Crippen LogP contribution in [-0.2, 0) is 13.1 Å². The van der Waals surface area contributed by atoms with E-state index in [1.165, 1.54) is 5.56 Å². The molecule has 0 saturated heterocycles. The van der Waals surface area contributed by atoms with Crippen molar-refractivity contribution in [3.05, 3.63) is 47.8 Å². The minimum Gasteiger partial charge on any atom is -0.319 e. The largest absolute Gasteiger partial charge is 0.319 e. The molecule has 0 bridgehead atoms. The van der Waals surface area contributed by atoms with Crippen LogP contribution in [0.15, 0.2) is 36.7 Å². The van der Waals surface area contributed by atoms with Crippen molar-refractivity contribution >= 4 is 11.5 Å². The fraction of sp³-hybridized carbons (Fsp3) is 0.231. The first-order chi connectivity index (χ1) is 8.29. The maximum atomic E-state index is 8.18. The van der Waals surface area contributed by atoms with Gasteiger partial charge >= 0.3 is 0 Å². The lowest BCUT2D eigenvalue weighted by atomic mass is 10.1. The van der Waals surface area contributed by atoms with Crippen LogP contribution in [0.2, 0.25) is 0 Å². The van der Waals surface area contributed by atoms with Gasteiger partial charge in [0.1, 0.15) is 5.84 Å². The third-order valence-electron chi connectivity index (χ3n) is 3.13. The van der Waals surface area contributed by atoms with E-state index in [2.05, 4.69) is 18.1 Å². The van der Waals surface area contributed by atoms with E-state index in [0.29, 0.717) is 5.84 Å². The number of aromatic nitrogens is 2. The third kappa shape index (κ3) is 1.53. The summed E-state index contributed by atoms with van der Waals surface area (Å²) < 4.78 is 1.88. The summed E-state index contributed by atoms with van der Waals surface area (Å²) in [5.41, 5.74) is 3.23. The van der Waals surface area contributed by atoms with Crippen LogP contribution in [0.5, 0.6) is 0 Å². The van der Waals surface area contributed by atoms with Gasteiger partial charge in [-0.3, -0.25) is 10.1 Å². The van der Waals surface area contributed by atoms with Gasteiger partial charge in [0.25, 0.3) is 0 Å². The minimum absolute atomic E-state index is 0.566. The molecule has 0 saturated carbocycles. The second kappa shape index (κ2) is 3.73. The molecule has 1 aliphatic heterocycles. The Labute approximate surface area is 100.0 Å². The zero-order valence-electron chi connectivity index (χ0n) is 9.72. The molecule has 4 heteroatoms. The number of rotatable bonds is 2. The second-order valence-electron chi connectivity index (χ2n) is 4.15. The molecule has 2 aromatic rings. The number of nitrogens with one attached hydrogen (secondary N) is 1. The summed E-state index contributed by atoms with van der Waals surface area (Å²) in [4.78, 5) is 1.99. The van der Waals surface area contributed by atoms with Crippen LogP contribution >= 0.6 is 0 Å². The SMILES string of the molecule is CCn1cc(N2Cc3ccccc3C2=N)cn1. The summed E-state index contributed by atoms with van der Waals surface area (Å²) in [6.45, 7) is 3.68. The summed E-state index contributed by atoms with van der Waals surface area (Å²) in [6, 6.07) is 8.08. The summed E-state index contributed by atoms with van der Waals surface area (Å²) in [6.07, 6.45) is 3.81. The van der Waals surface area contributed by atoms with Crippen LogP contribution in [0, 0.1) is 5.41 Å². The highest BCUT2D eigenvalue weighted by Gasteiger charge is 2.25. The Morgan fingerprint density at radius 3 is 2.88 bits per heavy atom. The van der Waals surface area contributed by atoms with Crippen molar-refractivity contribution in [2.45, 2.75) is 20.0 Å². The second-order valence-corrected chi connectivity index (χ2v) is 4.15. The highest BCUT2D eigenvalue weighted by molar-refractivity contribution is 6.11. The predicted molar refractivity (Wildman–Crippen MR) is 67.4 cm³/mol. The first-order valence-electron chi connectivity index (χ1n) is 5.76. The average molecular weight is 226 g/mol. The molecule has 0 unspecified atom stereocenters. The number of nitrogens with zero attached hydrogens (tertiary/aromatic N) is 3. The Bertz CT molecular complexity index is 570. The number of benzene rings is 1. The van der Waals surface area contributed by atoms with Crippen molar-refractivity contribution in [1.82, 2.24) is 9.78 Å². The van der Waals surface area contributed by atoms with Crippen LogP contribution in [0.4, 0.5) is 5.69 Å². The van der Waals surface area contributed by atoms with Crippen LogP contribution in [0.25, 0.3) is 0 Å². The average Bonchev–Trinajstić information content (AvgIpc) is 2.95. The summed E-state index contributed by atoms with van der Waals surface area (Å²) in [5, 5.41) is 12.4. The molecule has 0 amide bonds. The molecule has 0 radical (unpaired) electrons. The topological polar surface area (TPSA) is 44.9 Å². The summed E-state index contributed by atoms with van der Waals surface area (Å²) in [7, 11) is 0. The van der Waals surface area contributed by atoms with Crippen LogP contribution in [-0.4, -0.2) is 15.6 Å². The van der Waals surface area contributed by atoms with Crippen LogP contribution in [0.1, 0.15) is 18.1 Å². The number of amidine groups is 1. The smallest absolute Gasteiger partial charge is 0.133 e. The zero-order chi connectivity index (χ0) is 11.8. The Hall–Kier alpha value is -2.10. The summed E-state index contributed by atoms with van der Waals surface area (Å²) >= 11 is 0. The molecular weight excluding hydrogens is 212 g/mol. The van der Waals surface area contributed by atoms with E-state index in [-0.39, 0.29) is 0 Å². The lowest BCUT2D eigenvalue weighted by Crippen LogP contribution is -2.22. The number of anilines is 1. The van der Waals surface area contributed by atoms with Gasteiger partial charge in [0, 0.05) is 18.3 Å². The van der Waals surface area contributed by atoms with Crippen molar-refractivity contribution in [3.63, 3.8) is 0 Å². The minimum atomic E-state index is 0.566. The highest BCUT2D eigenvalue weighted by atomic mass is 15.3. The molecule has 86 valence electrons. The Balaban J connectivity index is 1.96. The molecule has 0 aliphatic carbocycles. The van der Waals surface area contributed by atoms with E-state index in [1.807, 2.05) is 40.2 Å². The van der Waals surface area contributed by atoms with Gasteiger partial charge in [-0.1, -0.05) is 24.3 Å². The van der Waals surface area contributed by atoms with E-state index in [4.69, 9.17) is 5.41 Å². The molecule has 17 heavy (non-hydrogen) atoms. The van der Waals surface area contributed by atoms with Crippen molar-refractivity contribution in [1.29, 1.82) is 5.41 Å². The van der Waals surface area contributed by atoms with Gasteiger partial charge in [-0.25, -0.2) is 0 Å². The van der Waals surface area contributed by atoms with E-state index >= 15 is 0 Å². The molecule has 4 nitrogen and oxygen atoms in total. The maximum absolute atomic E-state index is 8.18. The van der Waals surface area contributed by atoms with Gasteiger partial charge < -0.3 is 4.90 Å². The third-order valence-corrected chi connectivity index (χ3v) is 3.13. The van der Waals surface area contributed by atoms with Crippen molar-refractivity contribution < 1.29 is 0 Å². The maximum Gasteiger partial charge on any atom is 0.133 e. The number of aryl methyl sites for hydroxylation is 1. The lowest BCUT2D eigenvalue weighted by molar-refractivity contribution is 0.660. The molecule has 2 heterocycles. The van der Waals surface area contributed by atoms with E-state index in [0.717, 1.165) is 24.3 Å². The lowest BCUT2D eigenvalue weighted by Gasteiger charge is -2.14. The molecular formula is C13H14N4. The molecule has 0 fully saturated rings. The standard InChI is InChI=1S/C13H14N4/c1-2-16-9-11(7-15-16)17-8-10-5-3-4-6-12(10)13(17)14/h3-7,9,14H,2,8H2,1H3. The highest BCUT2D eigenvalue weighted by Crippen LogP contribution is 2.27. The van der Waals surface area contributed by atoms with Crippen molar-refractivity contribution in [2.75, 3.05) is 4.90 Å². The molecule has 1 aromatic heterocycles. The Morgan fingerprint density at radius 1 is 1.35 bits per heavy atom. The van der Waals surface area contributed by atoms with Gasteiger partial charge in [0.15, 0.2) is 0 Å². The monoisotopic (exact) mass is 226 g/mol. The zero-order valence-corrected chi connectivity index (χ0v) is 9.72. The van der Waals surface area contributed by atoms with Crippen molar-refractivity contribution in [3.8, 4) is 0 Å². The van der Waals surface area contributed by atoms with Crippen LogP contribution < -0.4 is 4.90 Å².